The van der Waals surface area contributed by atoms with Crippen molar-refractivity contribution in [2.45, 2.75) is 36.0 Å². The lowest BCUT2D eigenvalue weighted by Gasteiger charge is -2.42. The summed E-state index contributed by atoms with van der Waals surface area (Å²) in [7, 11) is 0. The van der Waals surface area contributed by atoms with Gasteiger partial charge in [-0.05, 0) is 26.0 Å². The summed E-state index contributed by atoms with van der Waals surface area (Å²) in [5.41, 5.74) is 0. The van der Waals surface area contributed by atoms with Crippen LogP contribution in [0.1, 0.15) is 24.4 Å². The number of hydrogen-bond acceptors (Lipinski definition) is 4. The lowest BCUT2D eigenvalue weighted by Crippen LogP contribution is -2.60. The van der Waals surface area contributed by atoms with Crippen LogP contribution in [0.15, 0.2) is 22.8 Å². The highest BCUT2D eigenvalue weighted by atomic mass is 35.6. The Kier molecular flexibility index (Phi) is 5.43. The van der Waals surface area contributed by atoms with Gasteiger partial charge in [0, 0.05) is 13.1 Å². The van der Waals surface area contributed by atoms with Gasteiger partial charge in [-0.2, -0.15) is 0 Å². The van der Waals surface area contributed by atoms with Gasteiger partial charge in [-0.3, -0.25) is 9.69 Å². The molecule has 3 atom stereocenters. The van der Waals surface area contributed by atoms with Crippen molar-refractivity contribution < 1.29 is 13.9 Å². The van der Waals surface area contributed by atoms with Crippen molar-refractivity contribution in [2.75, 3.05) is 13.1 Å². The standard InChI is InChI=1S/C13H17Cl3N2O3/c1-8-6-18(7-9(2)21-8)12(13(14,15)16)17-11(19)10-4-3-5-20-10/h3-5,8-9,12H,6-7H2,1-2H3,(H,17,19)/t8-,9+,12-/m0/s1. The summed E-state index contributed by atoms with van der Waals surface area (Å²) in [6.45, 7) is 4.99. The molecule has 21 heavy (non-hydrogen) atoms. The molecule has 1 aliphatic heterocycles. The summed E-state index contributed by atoms with van der Waals surface area (Å²) in [4.78, 5) is 14.0. The summed E-state index contributed by atoms with van der Waals surface area (Å²) in [5.74, 6) is -0.258. The molecule has 1 amide bonds. The van der Waals surface area contributed by atoms with E-state index in [0.29, 0.717) is 13.1 Å². The first-order valence-corrected chi connectivity index (χ1v) is 7.71. The van der Waals surface area contributed by atoms with Crippen molar-refractivity contribution in [3.05, 3.63) is 24.2 Å². The minimum absolute atomic E-state index is 0.0101. The lowest BCUT2D eigenvalue weighted by atomic mass is 10.2. The van der Waals surface area contributed by atoms with E-state index in [1.165, 1.54) is 6.26 Å². The molecule has 1 fully saturated rings. The quantitative estimate of drug-likeness (QED) is 0.847. The summed E-state index contributed by atoms with van der Waals surface area (Å²) >= 11 is 18.1. The second-order valence-electron chi connectivity index (χ2n) is 5.11. The average Bonchev–Trinajstić information content (AvgIpc) is 2.86. The fourth-order valence-corrected chi connectivity index (χ4v) is 2.99. The zero-order valence-corrected chi connectivity index (χ0v) is 14.0. The van der Waals surface area contributed by atoms with Crippen molar-refractivity contribution in [3.8, 4) is 0 Å². The van der Waals surface area contributed by atoms with Crippen LogP contribution in [-0.2, 0) is 4.74 Å². The molecular formula is C13H17Cl3N2O3. The summed E-state index contributed by atoms with van der Waals surface area (Å²) in [6, 6.07) is 3.17. The van der Waals surface area contributed by atoms with Crippen molar-refractivity contribution >= 4 is 40.7 Å². The first-order chi connectivity index (χ1) is 9.77. The number of amides is 1. The van der Waals surface area contributed by atoms with Gasteiger partial charge in [-0.15, -0.1) is 0 Å². The highest BCUT2D eigenvalue weighted by molar-refractivity contribution is 6.68. The van der Waals surface area contributed by atoms with Crippen molar-refractivity contribution in [2.24, 2.45) is 0 Å². The third-order valence-corrected chi connectivity index (χ3v) is 3.76. The number of ether oxygens (including phenoxy) is 1. The van der Waals surface area contributed by atoms with Gasteiger partial charge in [0.25, 0.3) is 5.91 Å². The molecule has 0 aromatic carbocycles. The molecule has 0 saturated carbocycles. The van der Waals surface area contributed by atoms with E-state index >= 15 is 0 Å². The van der Waals surface area contributed by atoms with E-state index in [9.17, 15) is 4.79 Å². The van der Waals surface area contributed by atoms with E-state index < -0.39 is 15.9 Å². The minimum Gasteiger partial charge on any atom is -0.459 e. The molecule has 0 aliphatic carbocycles. The molecule has 118 valence electrons. The Balaban J connectivity index is 2.13. The predicted octanol–water partition coefficient (Wildman–Crippen LogP) is 2.81. The molecule has 0 spiro atoms. The highest BCUT2D eigenvalue weighted by Crippen LogP contribution is 2.33. The molecule has 1 saturated heterocycles. The molecule has 1 aromatic heterocycles. The van der Waals surface area contributed by atoms with Crippen LogP contribution in [0, 0.1) is 0 Å². The number of rotatable bonds is 3. The molecule has 0 bridgehead atoms. The molecule has 0 radical (unpaired) electrons. The second kappa shape index (κ2) is 6.75. The lowest BCUT2D eigenvalue weighted by molar-refractivity contribution is -0.0827. The van der Waals surface area contributed by atoms with Crippen LogP contribution in [0.3, 0.4) is 0 Å². The van der Waals surface area contributed by atoms with Gasteiger partial charge in [0.2, 0.25) is 3.79 Å². The van der Waals surface area contributed by atoms with E-state index in [-0.39, 0.29) is 18.0 Å². The Morgan fingerprint density at radius 1 is 1.38 bits per heavy atom. The van der Waals surface area contributed by atoms with Gasteiger partial charge in [0.05, 0.1) is 18.5 Å². The van der Waals surface area contributed by atoms with E-state index in [1.807, 2.05) is 18.7 Å². The van der Waals surface area contributed by atoms with Gasteiger partial charge in [0.1, 0.15) is 6.17 Å². The van der Waals surface area contributed by atoms with Crippen LogP contribution in [-0.4, -0.2) is 46.1 Å². The fourth-order valence-electron chi connectivity index (χ4n) is 2.41. The van der Waals surface area contributed by atoms with Crippen molar-refractivity contribution in [3.63, 3.8) is 0 Å². The molecule has 1 N–H and O–H groups in total. The second-order valence-corrected chi connectivity index (χ2v) is 7.48. The zero-order chi connectivity index (χ0) is 15.6. The summed E-state index contributed by atoms with van der Waals surface area (Å²) in [6.07, 6.45) is 0.625. The Hall–Kier alpha value is -0.460. The molecule has 1 aliphatic rings. The largest absolute Gasteiger partial charge is 0.459 e. The predicted molar refractivity (Wildman–Crippen MR) is 81.8 cm³/mol. The summed E-state index contributed by atoms with van der Waals surface area (Å²) in [5, 5.41) is 2.71. The van der Waals surface area contributed by atoms with E-state index in [4.69, 9.17) is 44.0 Å². The van der Waals surface area contributed by atoms with E-state index in [0.717, 1.165) is 0 Å². The van der Waals surface area contributed by atoms with E-state index in [1.54, 1.807) is 12.1 Å². The van der Waals surface area contributed by atoms with Gasteiger partial charge >= 0.3 is 0 Å². The number of carbonyl (C=O) groups is 1. The van der Waals surface area contributed by atoms with Crippen LogP contribution >= 0.6 is 34.8 Å². The monoisotopic (exact) mass is 354 g/mol. The number of morpholine rings is 1. The number of hydrogen-bond donors (Lipinski definition) is 1. The van der Waals surface area contributed by atoms with Crippen LogP contribution in [0.5, 0.6) is 0 Å². The van der Waals surface area contributed by atoms with Gasteiger partial charge < -0.3 is 14.5 Å². The molecule has 2 rings (SSSR count). The highest BCUT2D eigenvalue weighted by Gasteiger charge is 2.41. The maximum absolute atomic E-state index is 12.1. The third kappa shape index (κ3) is 4.50. The third-order valence-electron chi connectivity index (χ3n) is 3.14. The number of alkyl halides is 3. The number of carbonyl (C=O) groups excluding carboxylic acids is 1. The molecular weight excluding hydrogens is 339 g/mol. The topological polar surface area (TPSA) is 54.7 Å². The maximum Gasteiger partial charge on any atom is 0.288 e. The summed E-state index contributed by atoms with van der Waals surface area (Å²) < 4.78 is 9.04. The van der Waals surface area contributed by atoms with Crippen molar-refractivity contribution in [1.29, 1.82) is 0 Å². The number of nitrogens with zero attached hydrogens (tertiary/aromatic N) is 1. The van der Waals surface area contributed by atoms with Crippen LogP contribution < -0.4 is 5.32 Å². The maximum atomic E-state index is 12.1. The first-order valence-electron chi connectivity index (χ1n) is 6.58. The number of halogens is 3. The zero-order valence-electron chi connectivity index (χ0n) is 11.7. The fraction of sp³-hybridized carbons (Fsp3) is 0.615. The minimum atomic E-state index is -1.67. The Morgan fingerprint density at radius 2 is 2.00 bits per heavy atom. The normalized spacial score (nSPS) is 25.6. The van der Waals surface area contributed by atoms with Gasteiger partial charge in [-0.25, -0.2) is 0 Å². The average molecular weight is 356 g/mol. The molecule has 5 nitrogen and oxygen atoms in total. The Labute approximate surface area is 138 Å². The smallest absolute Gasteiger partial charge is 0.288 e. The number of furan rings is 1. The molecule has 2 heterocycles. The molecule has 0 unspecified atom stereocenters. The molecule has 1 aromatic rings. The van der Waals surface area contributed by atoms with Crippen LogP contribution in [0.4, 0.5) is 0 Å². The first kappa shape index (κ1) is 16.9. The van der Waals surface area contributed by atoms with Crippen LogP contribution in [0.25, 0.3) is 0 Å². The Bertz CT molecular complexity index is 466. The number of nitrogens with one attached hydrogen (secondary N) is 1. The van der Waals surface area contributed by atoms with Gasteiger partial charge in [-0.1, -0.05) is 34.8 Å². The van der Waals surface area contributed by atoms with E-state index in [2.05, 4.69) is 5.32 Å². The molecule has 8 heteroatoms. The van der Waals surface area contributed by atoms with Crippen LogP contribution in [0.2, 0.25) is 0 Å². The Morgan fingerprint density at radius 3 is 2.48 bits per heavy atom. The SMILES string of the molecule is C[C@@H]1CN([C@H](NC(=O)c2ccco2)C(Cl)(Cl)Cl)C[C@H](C)O1. The van der Waals surface area contributed by atoms with Gasteiger partial charge in [0.15, 0.2) is 5.76 Å². The van der Waals surface area contributed by atoms with Crippen molar-refractivity contribution in [1.82, 2.24) is 10.2 Å².